The summed E-state index contributed by atoms with van der Waals surface area (Å²) in [5.74, 6) is -4.07. The number of carboxylic acid groups (broad SMARTS) is 1. The Bertz CT molecular complexity index is 1610. The van der Waals surface area contributed by atoms with Crippen molar-refractivity contribution in [2.45, 2.75) is 76.3 Å². The summed E-state index contributed by atoms with van der Waals surface area (Å²) in [6.07, 6.45) is -6.06. The Morgan fingerprint density at radius 1 is 0.860 bits per heavy atom. The summed E-state index contributed by atoms with van der Waals surface area (Å²) < 4.78 is 56.0. The molecule has 6 atom stereocenters. The van der Waals surface area contributed by atoms with Crippen LogP contribution in [0.2, 0.25) is 0 Å². The first-order chi connectivity index (χ1) is 23.6. The summed E-state index contributed by atoms with van der Waals surface area (Å²) in [7, 11) is -3.00. The summed E-state index contributed by atoms with van der Waals surface area (Å²) in [5.41, 5.74) is 1.69. The second kappa shape index (κ2) is 18.2. The topological polar surface area (TPSA) is 196 Å². The van der Waals surface area contributed by atoms with E-state index in [1.54, 1.807) is 26.0 Å². The third-order valence-corrected chi connectivity index (χ3v) is 9.76. The van der Waals surface area contributed by atoms with E-state index in [0.29, 0.717) is 0 Å². The number of aliphatic carboxylic acids is 1. The first-order valence-electron chi connectivity index (χ1n) is 15.7. The number of hydrogen-bond donors (Lipinski definition) is 3. The molecule has 0 spiro atoms. The number of nitrogens with one attached hydrogen (secondary N) is 2. The van der Waals surface area contributed by atoms with Crippen LogP contribution in [0.15, 0.2) is 59.5 Å². The molecule has 15 nitrogen and oxygen atoms in total. The van der Waals surface area contributed by atoms with Gasteiger partial charge in [-0.05, 0) is 41.4 Å². The van der Waals surface area contributed by atoms with Crippen molar-refractivity contribution in [2.24, 2.45) is 5.92 Å². The lowest BCUT2D eigenvalue weighted by Crippen LogP contribution is -2.64. The number of methoxy groups -OCH3 is 1. The molecular formula is C33H43N3O12S2. The van der Waals surface area contributed by atoms with E-state index in [0.717, 1.165) is 36.2 Å². The van der Waals surface area contributed by atoms with Crippen LogP contribution in [0.5, 0.6) is 0 Å². The summed E-state index contributed by atoms with van der Waals surface area (Å²) in [6.45, 7) is 6.17. The molecule has 50 heavy (non-hydrogen) atoms. The zero-order valence-corrected chi connectivity index (χ0v) is 30.2. The SMILES string of the molecule is CO[C@@H]1O[C@H](CNC(=S)NCCN([C@@H](C(=O)O)C(C)C)S(=O)(=O)c2ccc(-c3ccccc3)cc2)[C@@H](OC(C)=O)[C@H](OC(C)=O)[C@H]1OC(C)=O. The standard InChI is InChI=1S/C33H43N3O12S2/c1-19(2)27(31(40)41)36(50(42,43)25-14-12-24(13-15-25)23-10-8-7-9-11-23)17-16-34-33(49)35-18-26-28(45-20(3)37)29(46-21(4)38)30(47-22(5)39)32(44-6)48-26/h7-15,19,26-30,32H,16-18H2,1-6H3,(H,40,41)(H2,34,35,49)/t26-,27-,28-,29+,30-,32-/m1/s1. The number of ether oxygens (including phenoxy) is 5. The van der Waals surface area contributed by atoms with Gasteiger partial charge in [0.15, 0.2) is 29.7 Å². The maximum absolute atomic E-state index is 13.9. The van der Waals surface area contributed by atoms with E-state index in [-0.39, 0.29) is 29.6 Å². The van der Waals surface area contributed by atoms with Gasteiger partial charge in [0.25, 0.3) is 0 Å². The molecule has 0 amide bonds. The quantitative estimate of drug-likeness (QED) is 0.136. The molecule has 1 aliphatic heterocycles. The summed E-state index contributed by atoms with van der Waals surface area (Å²) >= 11 is 5.40. The van der Waals surface area contributed by atoms with Crippen molar-refractivity contribution < 1.29 is 56.4 Å². The fraction of sp³-hybridized carbons (Fsp3) is 0.485. The molecule has 1 saturated heterocycles. The second-order valence-electron chi connectivity index (χ2n) is 11.7. The van der Waals surface area contributed by atoms with Crippen molar-refractivity contribution in [3.63, 3.8) is 0 Å². The van der Waals surface area contributed by atoms with E-state index in [2.05, 4.69) is 10.6 Å². The van der Waals surface area contributed by atoms with Crippen LogP contribution in [0.1, 0.15) is 34.6 Å². The monoisotopic (exact) mass is 737 g/mol. The van der Waals surface area contributed by atoms with Crippen LogP contribution >= 0.6 is 12.2 Å². The average molecular weight is 738 g/mol. The zero-order valence-electron chi connectivity index (χ0n) is 28.6. The third kappa shape index (κ3) is 10.7. The molecule has 1 fully saturated rings. The molecule has 0 unspecified atom stereocenters. The molecule has 0 aliphatic carbocycles. The Morgan fingerprint density at radius 3 is 1.92 bits per heavy atom. The van der Waals surface area contributed by atoms with E-state index >= 15 is 0 Å². The van der Waals surface area contributed by atoms with Crippen LogP contribution in [0, 0.1) is 5.92 Å². The minimum absolute atomic E-state index is 0.0243. The van der Waals surface area contributed by atoms with Crippen LogP contribution in [0.3, 0.4) is 0 Å². The minimum atomic E-state index is -4.29. The van der Waals surface area contributed by atoms with Gasteiger partial charge >= 0.3 is 23.9 Å². The Labute approximate surface area is 296 Å². The van der Waals surface area contributed by atoms with E-state index < -0.39 is 76.6 Å². The highest BCUT2D eigenvalue weighted by molar-refractivity contribution is 7.89. The van der Waals surface area contributed by atoms with E-state index in [1.807, 2.05) is 30.3 Å². The largest absolute Gasteiger partial charge is 0.480 e. The van der Waals surface area contributed by atoms with Crippen LogP contribution in [-0.4, -0.2) is 110 Å². The number of carbonyl (C=O) groups excluding carboxylic acids is 3. The van der Waals surface area contributed by atoms with Gasteiger partial charge < -0.3 is 39.4 Å². The number of esters is 3. The van der Waals surface area contributed by atoms with Crippen molar-refractivity contribution in [3.05, 3.63) is 54.6 Å². The molecule has 2 aromatic carbocycles. The van der Waals surface area contributed by atoms with Crippen molar-refractivity contribution >= 4 is 51.2 Å². The predicted octanol–water partition coefficient (Wildman–Crippen LogP) is 2.08. The molecule has 1 aliphatic rings. The van der Waals surface area contributed by atoms with Crippen molar-refractivity contribution in [1.82, 2.24) is 14.9 Å². The fourth-order valence-corrected chi connectivity index (χ4v) is 7.38. The highest BCUT2D eigenvalue weighted by Gasteiger charge is 2.52. The molecule has 17 heteroatoms. The zero-order chi connectivity index (χ0) is 37.2. The molecule has 274 valence electrons. The molecule has 0 bridgehead atoms. The fourth-order valence-electron chi connectivity index (χ4n) is 5.48. The molecule has 2 aromatic rings. The third-order valence-electron chi connectivity index (χ3n) is 7.57. The number of thiocarbonyl (C=S) groups is 1. The van der Waals surface area contributed by atoms with Gasteiger partial charge in [-0.2, -0.15) is 4.31 Å². The number of carbonyl (C=O) groups is 4. The number of sulfonamides is 1. The minimum Gasteiger partial charge on any atom is -0.480 e. The molecule has 0 aromatic heterocycles. The lowest BCUT2D eigenvalue weighted by atomic mass is 9.97. The number of carboxylic acids is 1. The van der Waals surface area contributed by atoms with E-state index in [1.165, 1.54) is 19.2 Å². The van der Waals surface area contributed by atoms with Crippen molar-refractivity contribution in [3.8, 4) is 11.1 Å². The smallest absolute Gasteiger partial charge is 0.322 e. The predicted molar refractivity (Wildman–Crippen MR) is 183 cm³/mol. The Hall–Kier alpha value is -4.16. The van der Waals surface area contributed by atoms with Gasteiger partial charge in [-0.3, -0.25) is 19.2 Å². The molecule has 0 radical (unpaired) electrons. The average Bonchev–Trinajstić information content (AvgIpc) is 3.04. The van der Waals surface area contributed by atoms with Crippen LogP contribution < -0.4 is 10.6 Å². The van der Waals surface area contributed by atoms with Gasteiger partial charge in [0.2, 0.25) is 10.0 Å². The molecule has 0 saturated carbocycles. The molecule has 3 rings (SSSR count). The molecule has 1 heterocycles. The normalized spacial score (nSPS) is 21.2. The number of rotatable bonds is 15. The van der Waals surface area contributed by atoms with Gasteiger partial charge in [-0.25, -0.2) is 8.42 Å². The lowest BCUT2D eigenvalue weighted by molar-refractivity contribution is -0.296. The lowest BCUT2D eigenvalue weighted by Gasteiger charge is -2.44. The second-order valence-corrected chi connectivity index (χ2v) is 14.0. The van der Waals surface area contributed by atoms with Gasteiger partial charge in [-0.15, -0.1) is 0 Å². The van der Waals surface area contributed by atoms with Gasteiger partial charge in [0.1, 0.15) is 12.1 Å². The van der Waals surface area contributed by atoms with Crippen molar-refractivity contribution in [1.29, 1.82) is 0 Å². The first kappa shape index (κ1) is 40.3. The van der Waals surface area contributed by atoms with Gasteiger partial charge in [0, 0.05) is 47.5 Å². The highest BCUT2D eigenvalue weighted by Crippen LogP contribution is 2.29. The molecular weight excluding hydrogens is 695 g/mol. The first-order valence-corrected chi connectivity index (χ1v) is 17.5. The maximum atomic E-state index is 13.9. The van der Waals surface area contributed by atoms with E-state index in [4.69, 9.17) is 35.9 Å². The number of nitrogens with zero attached hydrogens (tertiary/aromatic N) is 1. The molecule has 3 N–H and O–H groups in total. The van der Waals surface area contributed by atoms with Crippen LogP contribution in [0.4, 0.5) is 0 Å². The summed E-state index contributed by atoms with van der Waals surface area (Å²) in [5, 5.41) is 15.8. The Morgan fingerprint density at radius 2 is 1.40 bits per heavy atom. The van der Waals surface area contributed by atoms with E-state index in [9.17, 15) is 32.7 Å². The van der Waals surface area contributed by atoms with Crippen LogP contribution in [-0.2, 0) is 52.9 Å². The number of hydrogen-bond acceptors (Lipinski definition) is 12. The van der Waals surface area contributed by atoms with Gasteiger partial charge in [-0.1, -0.05) is 56.3 Å². The maximum Gasteiger partial charge on any atom is 0.322 e. The van der Waals surface area contributed by atoms with Crippen molar-refractivity contribution in [2.75, 3.05) is 26.7 Å². The van der Waals surface area contributed by atoms with Crippen LogP contribution in [0.25, 0.3) is 11.1 Å². The highest BCUT2D eigenvalue weighted by atomic mass is 32.2. The van der Waals surface area contributed by atoms with Gasteiger partial charge in [0.05, 0.1) is 4.90 Å². The Kier molecular flexibility index (Phi) is 14.6. The number of benzene rings is 2. The summed E-state index contributed by atoms with van der Waals surface area (Å²) in [6, 6.07) is 14.2. The Balaban J connectivity index is 1.76. The summed E-state index contributed by atoms with van der Waals surface area (Å²) in [4.78, 5) is 48.0.